The van der Waals surface area contributed by atoms with Gasteiger partial charge in [-0.2, -0.15) is 0 Å². The smallest absolute Gasteiger partial charge is 0.0547 e. The molecule has 3 rings (SSSR count). The summed E-state index contributed by atoms with van der Waals surface area (Å²) in [5, 5.41) is 0. The monoisotopic (exact) mass is 245 g/mol. The molecule has 0 spiro atoms. The van der Waals surface area contributed by atoms with Gasteiger partial charge in [0.05, 0.1) is 11.4 Å². The van der Waals surface area contributed by atoms with Crippen molar-refractivity contribution in [1.29, 1.82) is 0 Å². The fraction of sp³-hybridized carbons (Fsp3) is 0.667. The summed E-state index contributed by atoms with van der Waals surface area (Å²) in [7, 11) is 0. The largest absolute Gasteiger partial charge is 0.325 e. The van der Waals surface area contributed by atoms with Crippen LogP contribution in [0.5, 0.6) is 0 Å². The molecule has 3 heteroatoms. The Labute approximate surface area is 109 Å². The van der Waals surface area contributed by atoms with Gasteiger partial charge in [0, 0.05) is 19.1 Å². The van der Waals surface area contributed by atoms with Crippen molar-refractivity contribution in [1.82, 2.24) is 9.88 Å². The quantitative estimate of drug-likeness (QED) is 0.888. The fourth-order valence-electron chi connectivity index (χ4n) is 3.64. The van der Waals surface area contributed by atoms with Gasteiger partial charge in [0.15, 0.2) is 0 Å². The molecule has 2 heterocycles. The lowest BCUT2D eigenvalue weighted by Crippen LogP contribution is -2.34. The van der Waals surface area contributed by atoms with Crippen molar-refractivity contribution in [2.45, 2.75) is 51.2 Å². The Balaban J connectivity index is 1.68. The third-order valence-corrected chi connectivity index (χ3v) is 4.56. The van der Waals surface area contributed by atoms with Crippen molar-refractivity contribution >= 4 is 0 Å². The Bertz CT molecular complexity index is 404. The van der Waals surface area contributed by atoms with Crippen LogP contribution >= 0.6 is 0 Å². The normalized spacial score (nSPS) is 28.3. The summed E-state index contributed by atoms with van der Waals surface area (Å²) < 4.78 is 0. The van der Waals surface area contributed by atoms with E-state index in [1.807, 2.05) is 6.07 Å². The second-order valence-electron chi connectivity index (χ2n) is 5.70. The highest BCUT2D eigenvalue weighted by Gasteiger charge is 2.35. The van der Waals surface area contributed by atoms with Crippen LogP contribution in [0.2, 0.25) is 0 Å². The fourth-order valence-corrected chi connectivity index (χ4v) is 3.64. The van der Waals surface area contributed by atoms with E-state index in [1.165, 1.54) is 44.3 Å². The van der Waals surface area contributed by atoms with Crippen LogP contribution < -0.4 is 5.73 Å². The van der Waals surface area contributed by atoms with Crippen LogP contribution in [0.3, 0.4) is 0 Å². The number of hydrogen-bond acceptors (Lipinski definition) is 3. The first-order valence-electron chi connectivity index (χ1n) is 7.26. The second kappa shape index (κ2) is 5.37. The number of aromatic nitrogens is 1. The topological polar surface area (TPSA) is 42.1 Å². The number of nitrogens with zero attached hydrogens (tertiary/aromatic N) is 2. The van der Waals surface area contributed by atoms with Crippen LogP contribution in [0.4, 0.5) is 0 Å². The number of nitrogens with two attached hydrogens (primary N) is 1. The lowest BCUT2D eigenvalue weighted by molar-refractivity contribution is 0.174. The van der Waals surface area contributed by atoms with Crippen molar-refractivity contribution in [3.63, 3.8) is 0 Å². The van der Waals surface area contributed by atoms with Gasteiger partial charge < -0.3 is 5.73 Å². The van der Waals surface area contributed by atoms with E-state index in [0.717, 1.165) is 24.2 Å². The predicted molar refractivity (Wildman–Crippen MR) is 72.9 cm³/mol. The summed E-state index contributed by atoms with van der Waals surface area (Å²) >= 11 is 0. The first-order chi connectivity index (χ1) is 8.86. The van der Waals surface area contributed by atoms with Crippen LogP contribution in [-0.4, -0.2) is 22.5 Å². The van der Waals surface area contributed by atoms with Crippen molar-refractivity contribution in [2.24, 2.45) is 11.7 Å². The van der Waals surface area contributed by atoms with E-state index < -0.39 is 0 Å². The zero-order chi connectivity index (χ0) is 12.4. The molecule has 1 saturated heterocycles. The summed E-state index contributed by atoms with van der Waals surface area (Å²) in [6.07, 6.45) is 7.07. The molecule has 0 radical (unpaired) electrons. The van der Waals surface area contributed by atoms with Crippen LogP contribution in [0.25, 0.3) is 0 Å². The van der Waals surface area contributed by atoms with E-state index in [-0.39, 0.29) is 0 Å². The number of pyridine rings is 1. The lowest BCUT2D eigenvalue weighted by atomic mass is 9.85. The maximum atomic E-state index is 5.66. The molecule has 2 fully saturated rings. The number of hydrogen-bond donors (Lipinski definition) is 1. The third kappa shape index (κ3) is 2.43. The van der Waals surface area contributed by atoms with E-state index in [0.29, 0.717) is 6.54 Å². The van der Waals surface area contributed by atoms with Gasteiger partial charge in [-0.15, -0.1) is 0 Å². The molecule has 0 amide bonds. The van der Waals surface area contributed by atoms with Crippen molar-refractivity contribution in [2.75, 3.05) is 6.54 Å². The molecule has 1 aliphatic carbocycles. The Hall–Kier alpha value is -0.930. The van der Waals surface area contributed by atoms with Crippen LogP contribution in [-0.2, 0) is 13.1 Å². The predicted octanol–water partition coefficient (Wildman–Crippen LogP) is 2.30. The minimum absolute atomic E-state index is 0.542. The zero-order valence-corrected chi connectivity index (χ0v) is 11.0. The molecule has 2 atom stereocenters. The SMILES string of the molecule is NCc1cccc(CN2CCC3CCCCC32)n1. The van der Waals surface area contributed by atoms with Gasteiger partial charge in [0.25, 0.3) is 0 Å². The minimum atomic E-state index is 0.542. The van der Waals surface area contributed by atoms with Crippen molar-refractivity contribution < 1.29 is 0 Å². The molecule has 1 aromatic rings. The number of fused-ring (bicyclic) bond motifs is 1. The van der Waals surface area contributed by atoms with Gasteiger partial charge in [0.2, 0.25) is 0 Å². The first-order valence-corrected chi connectivity index (χ1v) is 7.26. The standard InChI is InChI=1S/C15H23N3/c16-10-13-5-3-6-14(17-13)11-18-9-8-12-4-1-2-7-15(12)18/h3,5-6,12,15H,1-2,4,7-11,16H2. The van der Waals surface area contributed by atoms with E-state index >= 15 is 0 Å². The molecule has 0 aromatic carbocycles. The van der Waals surface area contributed by atoms with Gasteiger partial charge >= 0.3 is 0 Å². The molecule has 1 aromatic heterocycles. The average molecular weight is 245 g/mol. The van der Waals surface area contributed by atoms with Gasteiger partial charge in [-0.1, -0.05) is 18.9 Å². The molecule has 2 N–H and O–H groups in total. The molecule has 3 nitrogen and oxygen atoms in total. The molecule has 1 saturated carbocycles. The van der Waals surface area contributed by atoms with E-state index in [2.05, 4.69) is 22.0 Å². The maximum Gasteiger partial charge on any atom is 0.0547 e. The third-order valence-electron chi connectivity index (χ3n) is 4.56. The van der Waals surface area contributed by atoms with E-state index in [9.17, 15) is 0 Å². The number of rotatable bonds is 3. The summed E-state index contributed by atoms with van der Waals surface area (Å²) in [6.45, 7) is 2.80. The van der Waals surface area contributed by atoms with Crippen molar-refractivity contribution in [3.8, 4) is 0 Å². The molecule has 98 valence electrons. The van der Waals surface area contributed by atoms with Gasteiger partial charge in [-0.25, -0.2) is 0 Å². The van der Waals surface area contributed by atoms with Gasteiger partial charge in [0.1, 0.15) is 0 Å². The van der Waals surface area contributed by atoms with Crippen LogP contribution in [0, 0.1) is 5.92 Å². The summed E-state index contributed by atoms with van der Waals surface area (Å²) in [5.74, 6) is 0.955. The van der Waals surface area contributed by atoms with Gasteiger partial charge in [-0.3, -0.25) is 9.88 Å². The summed E-state index contributed by atoms with van der Waals surface area (Å²) in [6, 6.07) is 7.05. The van der Waals surface area contributed by atoms with E-state index in [1.54, 1.807) is 0 Å². The Morgan fingerprint density at radius 1 is 1.17 bits per heavy atom. The lowest BCUT2D eigenvalue weighted by Gasteiger charge is -2.31. The highest BCUT2D eigenvalue weighted by atomic mass is 15.2. The highest BCUT2D eigenvalue weighted by molar-refractivity contribution is 5.11. The molecular weight excluding hydrogens is 222 g/mol. The number of likely N-dealkylation sites (tertiary alicyclic amines) is 1. The maximum absolute atomic E-state index is 5.66. The van der Waals surface area contributed by atoms with Crippen molar-refractivity contribution in [3.05, 3.63) is 29.6 Å². The van der Waals surface area contributed by atoms with E-state index in [4.69, 9.17) is 5.73 Å². The molecule has 0 bridgehead atoms. The average Bonchev–Trinajstić information content (AvgIpc) is 2.83. The molecular formula is C15H23N3. The highest BCUT2D eigenvalue weighted by Crippen LogP contribution is 2.36. The zero-order valence-electron chi connectivity index (χ0n) is 11.0. The van der Waals surface area contributed by atoms with Crippen LogP contribution in [0.1, 0.15) is 43.5 Å². The first kappa shape index (κ1) is 12.1. The minimum Gasteiger partial charge on any atom is -0.325 e. The van der Waals surface area contributed by atoms with Crippen LogP contribution in [0.15, 0.2) is 18.2 Å². The Morgan fingerprint density at radius 3 is 2.89 bits per heavy atom. The summed E-state index contributed by atoms with van der Waals surface area (Å²) in [4.78, 5) is 7.27. The van der Waals surface area contributed by atoms with Gasteiger partial charge in [-0.05, 0) is 43.9 Å². The molecule has 2 unspecified atom stereocenters. The molecule has 1 aliphatic heterocycles. The summed E-state index contributed by atoms with van der Waals surface area (Å²) in [5.41, 5.74) is 7.85. The Kier molecular flexibility index (Phi) is 3.62. The molecule has 2 aliphatic rings. The molecule has 18 heavy (non-hydrogen) atoms. The second-order valence-corrected chi connectivity index (χ2v) is 5.70. The Morgan fingerprint density at radius 2 is 2.00 bits per heavy atom.